The van der Waals surface area contributed by atoms with Crippen molar-refractivity contribution in [2.24, 2.45) is 5.92 Å². The van der Waals surface area contributed by atoms with E-state index in [0.29, 0.717) is 18.2 Å². The quantitative estimate of drug-likeness (QED) is 0.858. The van der Waals surface area contributed by atoms with Crippen LogP contribution in [-0.2, 0) is 0 Å². The van der Waals surface area contributed by atoms with Gasteiger partial charge in [-0.1, -0.05) is 0 Å². The summed E-state index contributed by atoms with van der Waals surface area (Å²) < 4.78 is 5.92. The molecule has 21 heavy (non-hydrogen) atoms. The van der Waals surface area contributed by atoms with Crippen molar-refractivity contribution in [3.63, 3.8) is 0 Å². The number of fused-ring (bicyclic) bond motifs is 1. The van der Waals surface area contributed by atoms with E-state index < -0.39 is 0 Å². The molecule has 0 radical (unpaired) electrons. The average Bonchev–Trinajstić information content (AvgIpc) is 3.04. The molecule has 1 aliphatic carbocycles. The summed E-state index contributed by atoms with van der Waals surface area (Å²) >= 11 is 3.43. The summed E-state index contributed by atoms with van der Waals surface area (Å²) in [5, 5.41) is 13.0. The fourth-order valence-corrected chi connectivity index (χ4v) is 3.88. The van der Waals surface area contributed by atoms with E-state index in [1.54, 1.807) is 24.1 Å². The second-order valence-electron chi connectivity index (χ2n) is 5.65. The number of methoxy groups -OCH3 is 1. The van der Waals surface area contributed by atoms with Crippen LogP contribution in [-0.4, -0.2) is 41.8 Å². The van der Waals surface area contributed by atoms with E-state index in [4.69, 9.17) is 4.74 Å². The van der Waals surface area contributed by atoms with Gasteiger partial charge in [0.05, 0.1) is 24.9 Å². The molecule has 6 heteroatoms. The molecule has 1 saturated heterocycles. The lowest BCUT2D eigenvalue weighted by atomic mass is 10.0. The third-order valence-electron chi connectivity index (χ3n) is 4.49. The van der Waals surface area contributed by atoms with Gasteiger partial charge in [-0.3, -0.25) is 0 Å². The summed E-state index contributed by atoms with van der Waals surface area (Å²) in [6.07, 6.45) is 2.41. The van der Waals surface area contributed by atoms with Crippen molar-refractivity contribution in [2.75, 3.05) is 19.0 Å². The minimum atomic E-state index is -0.387. The van der Waals surface area contributed by atoms with Gasteiger partial charge >= 0.3 is 6.03 Å². The molecule has 0 unspecified atom stereocenters. The van der Waals surface area contributed by atoms with E-state index >= 15 is 0 Å². The first-order chi connectivity index (χ1) is 10.1. The molecule has 2 fully saturated rings. The zero-order valence-electron chi connectivity index (χ0n) is 11.9. The van der Waals surface area contributed by atoms with Crippen molar-refractivity contribution in [3.8, 4) is 5.75 Å². The second kappa shape index (κ2) is 5.85. The number of nitrogens with zero attached hydrogens (tertiary/aromatic N) is 1. The Kier molecular flexibility index (Phi) is 4.08. The minimum Gasteiger partial charge on any atom is -0.497 e. The number of amides is 2. The highest BCUT2D eigenvalue weighted by Crippen LogP contribution is 2.38. The van der Waals surface area contributed by atoms with E-state index in [1.165, 1.54) is 0 Å². The van der Waals surface area contributed by atoms with Crippen LogP contribution in [0.15, 0.2) is 22.7 Å². The minimum absolute atomic E-state index is 0.0259. The van der Waals surface area contributed by atoms with Gasteiger partial charge in [0.15, 0.2) is 0 Å². The van der Waals surface area contributed by atoms with E-state index in [1.807, 2.05) is 6.07 Å². The van der Waals surface area contributed by atoms with Crippen LogP contribution in [0.3, 0.4) is 0 Å². The highest BCUT2D eigenvalue weighted by molar-refractivity contribution is 9.10. The Morgan fingerprint density at radius 1 is 1.43 bits per heavy atom. The SMILES string of the molecule is COc1ccc(NC(=O)N2CC[C@@H]3CC[C@@H](O)[C@@H]32)c(Br)c1. The van der Waals surface area contributed by atoms with Crippen LogP contribution in [0.4, 0.5) is 10.5 Å². The normalized spacial score (nSPS) is 27.6. The maximum atomic E-state index is 12.5. The summed E-state index contributed by atoms with van der Waals surface area (Å²) in [4.78, 5) is 14.2. The van der Waals surface area contributed by atoms with Crippen LogP contribution < -0.4 is 10.1 Å². The molecule has 1 aromatic carbocycles. The first-order valence-corrected chi connectivity index (χ1v) is 7.98. The highest BCUT2D eigenvalue weighted by atomic mass is 79.9. The van der Waals surface area contributed by atoms with Gasteiger partial charge in [-0.15, -0.1) is 0 Å². The number of halogens is 1. The van der Waals surface area contributed by atoms with Gasteiger partial charge in [-0.25, -0.2) is 4.79 Å². The molecule has 3 rings (SSSR count). The Labute approximate surface area is 132 Å². The molecule has 0 bridgehead atoms. The van der Waals surface area contributed by atoms with Crippen LogP contribution in [0.5, 0.6) is 5.75 Å². The van der Waals surface area contributed by atoms with Crippen LogP contribution >= 0.6 is 15.9 Å². The van der Waals surface area contributed by atoms with Crippen molar-refractivity contribution >= 4 is 27.6 Å². The molecule has 0 aromatic heterocycles. The van der Waals surface area contributed by atoms with Crippen LogP contribution in [0.25, 0.3) is 0 Å². The van der Waals surface area contributed by atoms with Gasteiger partial charge in [0, 0.05) is 11.0 Å². The molecule has 2 amide bonds. The number of aliphatic hydroxyl groups is 1. The average molecular weight is 355 g/mol. The molecular formula is C15H19BrN2O3. The number of carbonyl (C=O) groups is 1. The number of anilines is 1. The van der Waals surface area contributed by atoms with Crippen LogP contribution in [0.2, 0.25) is 0 Å². The molecule has 2 aliphatic rings. The predicted molar refractivity (Wildman–Crippen MR) is 83.6 cm³/mol. The van der Waals surface area contributed by atoms with Gasteiger partial charge in [-0.2, -0.15) is 0 Å². The number of likely N-dealkylation sites (tertiary alicyclic amines) is 1. The number of ether oxygens (including phenoxy) is 1. The first-order valence-electron chi connectivity index (χ1n) is 7.19. The van der Waals surface area contributed by atoms with Crippen molar-refractivity contribution in [1.82, 2.24) is 4.90 Å². The number of nitrogens with one attached hydrogen (secondary N) is 1. The zero-order chi connectivity index (χ0) is 15.0. The fraction of sp³-hybridized carbons (Fsp3) is 0.533. The third kappa shape index (κ3) is 2.74. The molecule has 2 N–H and O–H groups in total. The Hall–Kier alpha value is -1.27. The molecule has 1 aromatic rings. The molecule has 114 valence electrons. The maximum absolute atomic E-state index is 12.5. The highest BCUT2D eigenvalue weighted by Gasteiger charge is 2.45. The number of aliphatic hydroxyl groups excluding tert-OH is 1. The number of rotatable bonds is 2. The smallest absolute Gasteiger partial charge is 0.322 e. The third-order valence-corrected chi connectivity index (χ3v) is 5.15. The van der Waals surface area contributed by atoms with Crippen LogP contribution in [0, 0.1) is 5.92 Å². The molecule has 1 aliphatic heterocycles. The van der Waals surface area contributed by atoms with Crippen LogP contribution in [0.1, 0.15) is 19.3 Å². The summed E-state index contributed by atoms with van der Waals surface area (Å²) in [6, 6.07) is 5.25. The molecule has 3 atom stereocenters. The lowest BCUT2D eigenvalue weighted by molar-refractivity contribution is 0.101. The van der Waals surface area contributed by atoms with E-state index in [9.17, 15) is 9.90 Å². The van der Waals surface area contributed by atoms with Gasteiger partial charge in [0.1, 0.15) is 5.75 Å². The number of urea groups is 1. The fourth-order valence-electron chi connectivity index (χ4n) is 3.42. The first kappa shape index (κ1) is 14.7. The Balaban J connectivity index is 1.72. The summed E-state index contributed by atoms with van der Waals surface area (Å²) in [5.74, 6) is 1.18. The Bertz CT molecular complexity index is 552. The van der Waals surface area contributed by atoms with E-state index in [-0.39, 0.29) is 18.2 Å². The lowest BCUT2D eigenvalue weighted by Crippen LogP contribution is -2.44. The number of hydrogen-bond acceptors (Lipinski definition) is 3. The number of carbonyl (C=O) groups excluding carboxylic acids is 1. The Morgan fingerprint density at radius 3 is 2.95 bits per heavy atom. The van der Waals surface area contributed by atoms with Crippen molar-refractivity contribution < 1.29 is 14.6 Å². The number of hydrogen-bond donors (Lipinski definition) is 2. The molecule has 5 nitrogen and oxygen atoms in total. The van der Waals surface area contributed by atoms with Gasteiger partial charge in [0.25, 0.3) is 0 Å². The summed E-state index contributed by atoms with van der Waals surface area (Å²) in [5.41, 5.74) is 0.705. The van der Waals surface area contributed by atoms with Crippen molar-refractivity contribution in [3.05, 3.63) is 22.7 Å². The van der Waals surface area contributed by atoms with E-state index in [2.05, 4.69) is 21.2 Å². The van der Waals surface area contributed by atoms with Gasteiger partial charge in [-0.05, 0) is 59.3 Å². The summed E-state index contributed by atoms with van der Waals surface area (Å²) in [7, 11) is 1.60. The molecular weight excluding hydrogens is 336 g/mol. The second-order valence-corrected chi connectivity index (χ2v) is 6.51. The maximum Gasteiger partial charge on any atom is 0.322 e. The molecule has 1 heterocycles. The monoisotopic (exact) mass is 354 g/mol. The standard InChI is InChI=1S/C15H19BrN2O3/c1-21-10-3-4-12(11(16)8-10)17-15(20)18-7-6-9-2-5-13(19)14(9)18/h3-4,8-9,13-14,19H,2,5-7H2,1H3,(H,17,20)/t9-,13+,14+/m0/s1. The van der Waals surface area contributed by atoms with Crippen molar-refractivity contribution in [1.29, 1.82) is 0 Å². The van der Waals surface area contributed by atoms with Gasteiger partial charge < -0.3 is 20.1 Å². The van der Waals surface area contributed by atoms with Crippen molar-refractivity contribution in [2.45, 2.75) is 31.4 Å². The summed E-state index contributed by atoms with van der Waals surface area (Å²) in [6.45, 7) is 0.714. The Morgan fingerprint density at radius 2 is 2.24 bits per heavy atom. The van der Waals surface area contributed by atoms with E-state index in [0.717, 1.165) is 29.5 Å². The number of benzene rings is 1. The lowest BCUT2D eigenvalue weighted by Gasteiger charge is -2.27. The topological polar surface area (TPSA) is 61.8 Å². The largest absolute Gasteiger partial charge is 0.497 e. The molecule has 0 spiro atoms. The predicted octanol–water partition coefficient (Wildman–Crippen LogP) is 2.83. The zero-order valence-corrected chi connectivity index (χ0v) is 13.5. The van der Waals surface area contributed by atoms with Gasteiger partial charge in [0.2, 0.25) is 0 Å². The molecule has 1 saturated carbocycles.